The van der Waals surface area contributed by atoms with Gasteiger partial charge in [0.05, 0.1) is 6.04 Å². The second kappa shape index (κ2) is 9.25. The van der Waals surface area contributed by atoms with Crippen molar-refractivity contribution in [1.29, 1.82) is 0 Å². The van der Waals surface area contributed by atoms with Crippen LogP contribution >= 0.6 is 0 Å². The van der Waals surface area contributed by atoms with Crippen molar-refractivity contribution in [1.82, 2.24) is 10.2 Å². The highest BCUT2D eigenvalue weighted by molar-refractivity contribution is 6.03. The number of carbonyl (C=O) groups is 1. The number of unbranched alkanes of at least 4 members (excludes halogenated alkanes) is 1. The number of benzene rings is 1. The molecule has 1 saturated carbocycles. The van der Waals surface area contributed by atoms with E-state index in [2.05, 4.69) is 24.1 Å². The number of phenolic OH excluding ortho intramolecular Hbond substituents is 1. The van der Waals surface area contributed by atoms with Gasteiger partial charge in [0.15, 0.2) is 6.04 Å². The fourth-order valence-corrected chi connectivity index (χ4v) is 4.20. The summed E-state index contributed by atoms with van der Waals surface area (Å²) in [5.41, 5.74) is 0.972. The zero-order chi connectivity index (χ0) is 19.2. The van der Waals surface area contributed by atoms with E-state index in [-0.39, 0.29) is 23.7 Å². The summed E-state index contributed by atoms with van der Waals surface area (Å²) in [4.78, 5) is 19.9. The summed E-state index contributed by atoms with van der Waals surface area (Å²) in [5, 5.41) is 12.7. The Morgan fingerprint density at radius 3 is 2.59 bits per heavy atom. The lowest BCUT2D eigenvalue weighted by Crippen LogP contribution is -2.46. The minimum Gasteiger partial charge on any atom is -0.508 e. The van der Waals surface area contributed by atoms with Crippen LogP contribution in [-0.4, -0.2) is 46.9 Å². The van der Waals surface area contributed by atoms with Crippen molar-refractivity contribution in [2.24, 2.45) is 10.9 Å². The van der Waals surface area contributed by atoms with E-state index in [9.17, 15) is 9.90 Å². The monoisotopic (exact) mass is 371 g/mol. The van der Waals surface area contributed by atoms with Crippen LogP contribution in [-0.2, 0) is 4.79 Å². The second-order valence-corrected chi connectivity index (χ2v) is 7.99. The van der Waals surface area contributed by atoms with Gasteiger partial charge >= 0.3 is 0 Å². The van der Waals surface area contributed by atoms with Crippen LogP contribution in [0.4, 0.5) is 0 Å². The van der Waals surface area contributed by atoms with E-state index in [1.54, 1.807) is 12.1 Å². The zero-order valence-corrected chi connectivity index (χ0v) is 16.7. The van der Waals surface area contributed by atoms with Gasteiger partial charge in [0, 0.05) is 18.7 Å². The number of amidine groups is 1. The Morgan fingerprint density at radius 1 is 1.22 bits per heavy atom. The lowest BCUT2D eigenvalue weighted by molar-refractivity contribution is -0.122. The maximum absolute atomic E-state index is 12.7. The van der Waals surface area contributed by atoms with E-state index in [1.807, 2.05) is 12.1 Å². The minimum absolute atomic E-state index is 0.0263. The average molecular weight is 372 g/mol. The number of rotatable bonds is 7. The molecule has 1 amide bonds. The molecule has 0 aromatic heterocycles. The first-order valence-corrected chi connectivity index (χ1v) is 10.5. The molecule has 1 aliphatic heterocycles. The third-order valence-corrected chi connectivity index (χ3v) is 5.89. The number of amides is 1. The number of aliphatic imine (C=N–C) groups is 1. The SMILES string of the molecule is CCCCNC(=O)C1N=C(c2ccc(O)cc2)N(CC2CCCCC2)C1C. The molecule has 2 N–H and O–H groups in total. The van der Waals surface area contributed by atoms with Crippen LogP contribution < -0.4 is 5.32 Å². The van der Waals surface area contributed by atoms with Crippen LogP contribution in [0.15, 0.2) is 29.3 Å². The topological polar surface area (TPSA) is 64.9 Å². The van der Waals surface area contributed by atoms with Gasteiger partial charge in [-0.15, -0.1) is 0 Å². The maximum Gasteiger partial charge on any atom is 0.247 e. The summed E-state index contributed by atoms with van der Waals surface area (Å²) in [6.07, 6.45) is 8.54. The van der Waals surface area contributed by atoms with Crippen LogP contribution in [0.5, 0.6) is 5.75 Å². The molecule has 5 heteroatoms. The summed E-state index contributed by atoms with van der Waals surface area (Å²) in [6.45, 7) is 5.91. The average Bonchev–Trinajstić information content (AvgIpc) is 3.00. The number of carbonyl (C=O) groups excluding carboxylic acids is 1. The fraction of sp³-hybridized carbons (Fsp3) is 0.636. The molecule has 0 saturated heterocycles. The molecule has 0 radical (unpaired) electrons. The van der Waals surface area contributed by atoms with Gasteiger partial charge in [-0.1, -0.05) is 32.6 Å². The van der Waals surface area contributed by atoms with E-state index in [4.69, 9.17) is 4.99 Å². The standard InChI is InChI=1S/C22H33N3O2/c1-3-4-14-23-22(27)20-16(2)25(15-17-8-6-5-7-9-17)21(24-20)18-10-12-19(26)13-11-18/h10-13,16-17,20,26H,3-9,14-15H2,1-2H3,(H,23,27). The highest BCUT2D eigenvalue weighted by atomic mass is 16.3. The van der Waals surface area contributed by atoms with Crippen molar-refractivity contribution in [3.63, 3.8) is 0 Å². The van der Waals surface area contributed by atoms with E-state index < -0.39 is 0 Å². The van der Waals surface area contributed by atoms with Crippen LogP contribution in [0.25, 0.3) is 0 Å². The van der Waals surface area contributed by atoms with Crippen LogP contribution in [0.1, 0.15) is 64.4 Å². The van der Waals surface area contributed by atoms with Gasteiger partial charge in [-0.05, 0) is 56.4 Å². The Hall–Kier alpha value is -2.04. The van der Waals surface area contributed by atoms with Crippen molar-refractivity contribution in [3.8, 4) is 5.75 Å². The molecule has 1 heterocycles. The fourth-order valence-electron chi connectivity index (χ4n) is 4.20. The number of hydrogen-bond acceptors (Lipinski definition) is 4. The van der Waals surface area contributed by atoms with Gasteiger partial charge in [-0.25, -0.2) is 0 Å². The Morgan fingerprint density at radius 2 is 1.93 bits per heavy atom. The van der Waals surface area contributed by atoms with E-state index in [1.165, 1.54) is 32.1 Å². The van der Waals surface area contributed by atoms with E-state index in [0.29, 0.717) is 12.5 Å². The number of aromatic hydroxyl groups is 1. The molecule has 2 atom stereocenters. The largest absolute Gasteiger partial charge is 0.508 e. The van der Waals surface area contributed by atoms with Crippen molar-refractivity contribution in [2.75, 3.05) is 13.1 Å². The minimum atomic E-state index is -0.366. The lowest BCUT2D eigenvalue weighted by Gasteiger charge is -2.33. The number of phenols is 1. The smallest absolute Gasteiger partial charge is 0.247 e. The molecule has 2 aliphatic rings. The summed E-state index contributed by atoms with van der Waals surface area (Å²) in [7, 11) is 0. The molecule has 1 aromatic rings. The summed E-state index contributed by atoms with van der Waals surface area (Å²) in [5.74, 6) is 1.84. The first-order valence-electron chi connectivity index (χ1n) is 10.5. The first kappa shape index (κ1) is 19.7. The van der Waals surface area contributed by atoms with Crippen LogP contribution in [0.3, 0.4) is 0 Å². The molecule has 1 aliphatic carbocycles. The summed E-state index contributed by atoms with van der Waals surface area (Å²) < 4.78 is 0. The molecule has 1 aromatic carbocycles. The third-order valence-electron chi connectivity index (χ3n) is 5.89. The summed E-state index contributed by atoms with van der Waals surface area (Å²) in [6, 6.07) is 6.86. The van der Waals surface area contributed by atoms with Gasteiger partial charge in [-0.2, -0.15) is 0 Å². The molecule has 5 nitrogen and oxygen atoms in total. The van der Waals surface area contributed by atoms with Gasteiger partial charge in [0.2, 0.25) is 5.91 Å². The van der Waals surface area contributed by atoms with Gasteiger partial charge < -0.3 is 15.3 Å². The normalized spacial score (nSPS) is 23.3. The Labute approximate surface area is 162 Å². The highest BCUT2D eigenvalue weighted by Gasteiger charge is 2.38. The molecule has 2 unspecified atom stereocenters. The van der Waals surface area contributed by atoms with Crippen molar-refractivity contribution in [2.45, 2.75) is 70.9 Å². The Kier molecular flexibility index (Phi) is 6.75. The number of nitrogens with one attached hydrogen (secondary N) is 1. The maximum atomic E-state index is 12.7. The Bertz CT molecular complexity index is 650. The molecule has 0 spiro atoms. The quantitative estimate of drug-likeness (QED) is 0.718. The predicted molar refractivity (Wildman–Crippen MR) is 109 cm³/mol. The third kappa shape index (κ3) is 4.82. The predicted octanol–water partition coefficient (Wildman–Crippen LogP) is 3.71. The van der Waals surface area contributed by atoms with Gasteiger partial charge in [0.25, 0.3) is 0 Å². The first-order chi connectivity index (χ1) is 13.1. The molecule has 0 bridgehead atoms. The molecular formula is C22H33N3O2. The molecule has 148 valence electrons. The molecule has 1 fully saturated rings. The highest BCUT2D eigenvalue weighted by Crippen LogP contribution is 2.29. The van der Waals surface area contributed by atoms with E-state index >= 15 is 0 Å². The van der Waals surface area contributed by atoms with Crippen molar-refractivity contribution >= 4 is 11.7 Å². The van der Waals surface area contributed by atoms with E-state index in [0.717, 1.165) is 30.8 Å². The van der Waals surface area contributed by atoms with Crippen LogP contribution in [0.2, 0.25) is 0 Å². The van der Waals surface area contributed by atoms with Gasteiger partial charge in [0.1, 0.15) is 11.6 Å². The lowest BCUT2D eigenvalue weighted by atomic mass is 9.88. The summed E-state index contributed by atoms with van der Waals surface area (Å²) >= 11 is 0. The van der Waals surface area contributed by atoms with Crippen molar-refractivity contribution in [3.05, 3.63) is 29.8 Å². The van der Waals surface area contributed by atoms with Gasteiger partial charge in [-0.3, -0.25) is 9.79 Å². The van der Waals surface area contributed by atoms with Crippen molar-refractivity contribution < 1.29 is 9.90 Å². The molecular weight excluding hydrogens is 338 g/mol. The molecule has 27 heavy (non-hydrogen) atoms. The number of hydrogen-bond donors (Lipinski definition) is 2. The number of nitrogens with zero attached hydrogens (tertiary/aromatic N) is 2. The molecule has 3 rings (SSSR count). The Balaban J connectivity index is 1.79. The zero-order valence-electron chi connectivity index (χ0n) is 16.7. The second-order valence-electron chi connectivity index (χ2n) is 7.99. The van der Waals surface area contributed by atoms with Crippen LogP contribution in [0, 0.1) is 5.92 Å².